The molecule has 2 unspecified atom stereocenters. The average molecular weight is 257 g/mol. The molecule has 0 radical (unpaired) electrons. The number of rotatable bonds is 3. The lowest BCUT2D eigenvalue weighted by Crippen LogP contribution is -2.36. The molecule has 98 valence electrons. The van der Waals surface area contributed by atoms with E-state index >= 15 is 0 Å². The molecule has 0 aromatic heterocycles. The van der Waals surface area contributed by atoms with Crippen molar-refractivity contribution >= 4 is 5.91 Å². The number of carbonyl (C=O) groups excluding carboxylic acids is 1. The molecule has 2 nitrogen and oxygen atoms in total. The molecule has 0 spiro atoms. The van der Waals surface area contributed by atoms with Crippen LogP contribution < -0.4 is 5.32 Å². The number of benzene rings is 1. The van der Waals surface area contributed by atoms with Crippen molar-refractivity contribution < 1.29 is 18.0 Å². The van der Waals surface area contributed by atoms with E-state index in [0.717, 1.165) is 5.56 Å². The minimum atomic E-state index is -4.31. The van der Waals surface area contributed by atoms with Crippen LogP contribution in [0.4, 0.5) is 13.2 Å². The minimum Gasteiger partial charge on any atom is -0.353 e. The van der Waals surface area contributed by atoms with Gasteiger partial charge in [0.25, 0.3) is 0 Å². The highest BCUT2D eigenvalue weighted by Gasteiger charge is 2.49. The van der Waals surface area contributed by atoms with Gasteiger partial charge in [0, 0.05) is 12.5 Å². The summed E-state index contributed by atoms with van der Waals surface area (Å²) in [5.41, 5.74) is 0.986. The highest BCUT2D eigenvalue weighted by Crippen LogP contribution is 2.36. The molecule has 1 fully saturated rings. The predicted octanol–water partition coefficient (Wildman–Crippen LogP) is 2.69. The van der Waals surface area contributed by atoms with Gasteiger partial charge in [0.1, 0.15) is 0 Å². The van der Waals surface area contributed by atoms with E-state index in [1.165, 1.54) is 0 Å². The van der Waals surface area contributed by atoms with Gasteiger partial charge in [0.2, 0.25) is 5.91 Å². The average Bonchev–Trinajstić information content (AvgIpc) is 2.69. The molecule has 1 aromatic carbocycles. The van der Waals surface area contributed by atoms with Crippen LogP contribution in [0.1, 0.15) is 18.4 Å². The highest BCUT2D eigenvalue weighted by molar-refractivity contribution is 5.79. The van der Waals surface area contributed by atoms with Gasteiger partial charge >= 0.3 is 6.18 Å². The van der Waals surface area contributed by atoms with Gasteiger partial charge in [-0.2, -0.15) is 13.2 Å². The Bertz CT molecular complexity index is 416. The Labute approximate surface area is 103 Å². The van der Waals surface area contributed by atoms with Crippen LogP contribution >= 0.6 is 0 Å². The van der Waals surface area contributed by atoms with Crippen molar-refractivity contribution in [2.45, 2.75) is 31.5 Å². The number of aryl methyl sites for hydroxylation is 1. The zero-order valence-corrected chi connectivity index (χ0v) is 9.70. The van der Waals surface area contributed by atoms with Crippen molar-refractivity contribution in [1.29, 1.82) is 0 Å². The van der Waals surface area contributed by atoms with Gasteiger partial charge in [0.15, 0.2) is 0 Å². The zero-order chi connectivity index (χ0) is 13.2. The monoisotopic (exact) mass is 257 g/mol. The Hall–Kier alpha value is -1.52. The predicted molar refractivity (Wildman–Crippen MR) is 60.9 cm³/mol. The molecule has 1 saturated heterocycles. The lowest BCUT2D eigenvalue weighted by atomic mass is 9.94. The summed E-state index contributed by atoms with van der Waals surface area (Å²) in [6.07, 6.45) is -3.89. The second-order valence-corrected chi connectivity index (χ2v) is 4.55. The lowest BCUT2D eigenvalue weighted by molar-refractivity contribution is -0.177. The quantitative estimate of drug-likeness (QED) is 0.886. The maximum absolute atomic E-state index is 12.7. The molecule has 1 N–H and O–H groups in total. The van der Waals surface area contributed by atoms with E-state index in [2.05, 4.69) is 5.32 Å². The molecule has 0 bridgehead atoms. The van der Waals surface area contributed by atoms with E-state index in [0.29, 0.717) is 12.8 Å². The van der Waals surface area contributed by atoms with Crippen LogP contribution in [0.5, 0.6) is 0 Å². The van der Waals surface area contributed by atoms with Crippen molar-refractivity contribution in [2.24, 2.45) is 5.92 Å². The van der Waals surface area contributed by atoms with Crippen LogP contribution in [0, 0.1) is 5.92 Å². The van der Waals surface area contributed by atoms with Gasteiger partial charge in [0.05, 0.1) is 5.92 Å². The summed E-state index contributed by atoms with van der Waals surface area (Å²) in [4.78, 5) is 11.1. The molecule has 2 rings (SSSR count). The minimum absolute atomic E-state index is 0.319. The van der Waals surface area contributed by atoms with Crippen molar-refractivity contribution in [3.63, 3.8) is 0 Å². The zero-order valence-electron chi connectivity index (χ0n) is 9.70. The van der Waals surface area contributed by atoms with Gasteiger partial charge in [-0.25, -0.2) is 0 Å². The maximum atomic E-state index is 12.7. The van der Waals surface area contributed by atoms with Gasteiger partial charge < -0.3 is 5.32 Å². The first kappa shape index (κ1) is 12.9. The lowest BCUT2D eigenvalue weighted by Gasteiger charge is -2.21. The van der Waals surface area contributed by atoms with E-state index in [1.807, 2.05) is 30.3 Å². The summed E-state index contributed by atoms with van der Waals surface area (Å²) in [6, 6.07) is 8.52. The summed E-state index contributed by atoms with van der Waals surface area (Å²) >= 11 is 0. The molecule has 0 saturated carbocycles. The molecule has 1 aliphatic heterocycles. The van der Waals surface area contributed by atoms with E-state index < -0.39 is 30.5 Å². The Balaban J connectivity index is 1.98. The number of hydrogen-bond donors (Lipinski definition) is 1. The third kappa shape index (κ3) is 3.03. The first-order chi connectivity index (χ1) is 8.47. The van der Waals surface area contributed by atoms with Gasteiger partial charge in [-0.15, -0.1) is 0 Å². The SMILES string of the molecule is O=C1CC(C(F)(F)F)C(CCc2ccccc2)N1. The molecule has 2 atom stereocenters. The van der Waals surface area contributed by atoms with E-state index in [-0.39, 0.29) is 0 Å². The van der Waals surface area contributed by atoms with Crippen LogP contribution in [0.15, 0.2) is 30.3 Å². The number of halogens is 3. The number of nitrogens with one attached hydrogen (secondary N) is 1. The van der Waals surface area contributed by atoms with Crippen molar-refractivity contribution in [3.8, 4) is 0 Å². The van der Waals surface area contributed by atoms with Crippen molar-refractivity contribution in [3.05, 3.63) is 35.9 Å². The smallest absolute Gasteiger partial charge is 0.353 e. The molecular weight excluding hydrogens is 243 g/mol. The second-order valence-electron chi connectivity index (χ2n) is 4.55. The fourth-order valence-corrected chi connectivity index (χ4v) is 2.29. The van der Waals surface area contributed by atoms with Crippen LogP contribution in [-0.2, 0) is 11.2 Å². The van der Waals surface area contributed by atoms with Crippen LogP contribution in [-0.4, -0.2) is 18.1 Å². The number of hydrogen-bond acceptors (Lipinski definition) is 1. The van der Waals surface area contributed by atoms with Crippen LogP contribution in [0.25, 0.3) is 0 Å². The molecule has 1 aliphatic rings. The third-order valence-electron chi connectivity index (χ3n) is 3.24. The molecule has 0 aliphatic carbocycles. The van der Waals surface area contributed by atoms with E-state index in [4.69, 9.17) is 0 Å². The van der Waals surface area contributed by atoms with Gasteiger partial charge in [-0.1, -0.05) is 30.3 Å². The largest absolute Gasteiger partial charge is 0.394 e. The first-order valence-electron chi connectivity index (χ1n) is 5.87. The molecule has 1 aromatic rings. The summed E-state index contributed by atoms with van der Waals surface area (Å²) in [5, 5.41) is 2.42. The molecule has 18 heavy (non-hydrogen) atoms. The highest BCUT2D eigenvalue weighted by atomic mass is 19.4. The summed E-state index contributed by atoms with van der Waals surface area (Å²) in [6.45, 7) is 0. The van der Waals surface area contributed by atoms with Crippen molar-refractivity contribution in [1.82, 2.24) is 5.32 Å². The topological polar surface area (TPSA) is 29.1 Å². The van der Waals surface area contributed by atoms with E-state index in [1.54, 1.807) is 0 Å². The third-order valence-corrected chi connectivity index (χ3v) is 3.24. The molecule has 1 amide bonds. The van der Waals surface area contributed by atoms with Crippen molar-refractivity contribution in [2.75, 3.05) is 0 Å². The van der Waals surface area contributed by atoms with Crippen LogP contribution in [0.2, 0.25) is 0 Å². The first-order valence-corrected chi connectivity index (χ1v) is 5.87. The standard InChI is InChI=1S/C13H14F3NO/c14-13(15,16)10-8-12(18)17-11(10)7-6-9-4-2-1-3-5-9/h1-5,10-11H,6-8H2,(H,17,18). The molecule has 1 heterocycles. The maximum Gasteiger partial charge on any atom is 0.394 e. The summed E-state index contributed by atoms with van der Waals surface area (Å²) in [7, 11) is 0. The number of alkyl halides is 3. The fourth-order valence-electron chi connectivity index (χ4n) is 2.29. The number of amides is 1. The van der Waals surface area contributed by atoms with Gasteiger partial charge in [-0.3, -0.25) is 4.79 Å². The number of carbonyl (C=O) groups is 1. The Morgan fingerprint density at radius 2 is 1.89 bits per heavy atom. The Kier molecular flexibility index (Phi) is 3.59. The molecular formula is C13H14F3NO. The second kappa shape index (κ2) is 5.00. The van der Waals surface area contributed by atoms with Gasteiger partial charge in [-0.05, 0) is 18.4 Å². The Morgan fingerprint density at radius 1 is 1.22 bits per heavy atom. The summed E-state index contributed by atoms with van der Waals surface area (Å²) in [5.74, 6) is -2.05. The fraction of sp³-hybridized carbons (Fsp3) is 0.462. The summed E-state index contributed by atoms with van der Waals surface area (Å²) < 4.78 is 38.2. The molecule has 5 heteroatoms. The van der Waals surface area contributed by atoms with Crippen LogP contribution in [0.3, 0.4) is 0 Å². The Morgan fingerprint density at radius 3 is 2.50 bits per heavy atom. The normalized spacial score (nSPS) is 24.1. The van der Waals surface area contributed by atoms with E-state index in [9.17, 15) is 18.0 Å².